The molecule has 186 valence electrons. The van der Waals surface area contributed by atoms with Crippen LogP contribution in [0.25, 0.3) is 32.6 Å². The number of esters is 1. The molecule has 37 heavy (non-hydrogen) atoms. The van der Waals surface area contributed by atoms with Gasteiger partial charge in [-0.2, -0.15) is 0 Å². The molecule has 5 aromatic rings. The molecule has 0 aliphatic carbocycles. The number of aryl methyl sites for hydroxylation is 1. The Hall–Kier alpha value is -4.08. The number of aromatic nitrogens is 2. The number of nitrogens with one attached hydrogen (secondary N) is 1. The summed E-state index contributed by atoms with van der Waals surface area (Å²) in [6.45, 7) is 4.10. The van der Waals surface area contributed by atoms with Crippen molar-refractivity contribution >= 4 is 55.6 Å². The van der Waals surface area contributed by atoms with E-state index in [2.05, 4.69) is 34.6 Å². The zero-order valence-corrected chi connectivity index (χ0v) is 21.9. The van der Waals surface area contributed by atoms with Gasteiger partial charge in [0.25, 0.3) is 5.91 Å². The summed E-state index contributed by atoms with van der Waals surface area (Å²) in [6.07, 6.45) is 0.0529. The highest BCUT2D eigenvalue weighted by Crippen LogP contribution is 2.41. The first-order valence-electron chi connectivity index (χ1n) is 11.7. The fourth-order valence-corrected chi connectivity index (χ4v) is 5.69. The SMILES string of the molecule is CCOC(=O)Cc1csc(NC(=O)c2sc3nc(-c4ccccc4)cc(-c4ccc(C)cc4)c3c2N)n1. The zero-order valence-electron chi connectivity index (χ0n) is 20.3. The number of fused-ring (bicyclic) bond motifs is 1. The smallest absolute Gasteiger partial charge is 0.311 e. The summed E-state index contributed by atoms with van der Waals surface area (Å²) in [7, 11) is 0. The number of thiophene rings is 1. The minimum atomic E-state index is -0.367. The minimum Gasteiger partial charge on any atom is -0.466 e. The second-order valence-corrected chi connectivity index (χ2v) is 10.2. The predicted octanol–water partition coefficient (Wildman–Crippen LogP) is 6.34. The van der Waals surface area contributed by atoms with Crippen molar-refractivity contribution in [3.8, 4) is 22.4 Å². The molecule has 0 aliphatic heterocycles. The average molecular weight is 529 g/mol. The number of thiazole rings is 1. The summed E-state index contributed by atoms with van der Waals surface area (Å²) in [5.41, 5.74) is 12.4. The van der Waals surface area contributed by atoms with Gasteiger partial charge in [-0.25, -0.2) is 9.97 Å². The van der Waals surface area contributed by atoms with Crippen molar-refractivity contribution in [1.82, 2.24) is 9.97 Å². The van der Waals surface area contributed by atoms with E-state index < -0.39 is 0 Å². The maximum Gasteiger partial charge on any atom is 0.311 e. The third kappa shape index (κ3) is 5.23. The quantitative estimate of drug-likeness (QED) is 0.239. The largest absolute Gasteiger partial charge is 0.466 e. The van der Waals surface area contributed by atoms with Crippen LogP contribution in [0, 0.1) is 6.92 Å². The van der Waals surface area contributed by atoms with E-state index in [9.17, 15) is 9.59 Å². The number of benzene rings is 2. The highest BCUT2D eigenvalue weighted by molar-refractivity contribution is 7.21. The Labute approximate surface area is 222 Å². The lowest BCUT2D eigenvalue weighted by atomic mass is 9.99. The van der Waals surface area contributed by atoms with Crippen LogP contribution in [0.5, 0.6) is 0 Å². The summed E-state index contributed by atoms with van der Waals surface area (Å²) < 4.78 is 4.97. The fourth-order valence-electron chi connectivity index (χ4n) is 3.97. The summed E-state index contributed by atoms with van der Waals surface area (Å²) in [4.78, 5) is 35.2. The molecule has 2 aromatic carbocycles. The van der Waals surface area contributed by atoms with E-state index in [-0.39, 0.29) is 18.3 Å². The number of nitrogens with two attached hydrogens (primary N) is 1. The van der Waals surface area contributed by atoms with Crippen LogP contribution in [0.15, 0.2) is 66.0 Å². The van der Waals surface area contributed by atoms with Crippen LogP contribution in [0.1, 0.15) is 27.9 Å². The third-order valence-corrected chi connectivity index (χ3v) is 7.65. The summed E-state index contributed by atoms with van der Waals surface area (Å²) in [5.74, 6) is -0.725. The normalized spacial score (nSPS) is 11.0. The van der Waals surface area contributed by atoms with E-state index in [0.717, 1.165) is 33.3 Å². The number of hydrogen-bond acceptors (Lipinski definition) is 8. The molecule has 0 radical (unpaired) electrons. The van der Waals surface area contributed by atoms with Gasteiger partial charge in [0, 0.05) is 16.3 Å². The highest BCUT2D eigenvalue weighted by Gasteiger charge is 2.22. The van der Waals surface area contributed by atoms with Crippen molar-refractivity contribution < 1.29 is 14.3 Å². The fraction of sp³-hybridized carbons (Fsp3) is 0.143. The maximum absolute atomic E-state index is 13.3. The molecule has 0 aliphatic rings. The Balaban J connectivity index is 1.53. The second kappa shape index (κ2) is 10.5. The molecule has 0 fully saturated rings. The molecule has 0 saturated carbocycles. The lowest BCUT2D eigenvalue weighted by Crippen LogP contribution is -2.12. The monoisotopic (exact) mass is 528 g/mol. The van der Waals surface area contributed by atoms with Crippen LogP contribution in [0.3, 0.4) is 0 Å². The Kier molecular flexibility index (Phi) is 6.98. The first-order valence-corrected chi connectivity index (χ1v) is 13.4. The van der Waals surface area contributed by atoms with Gasteiger partial charge < -0.3 is 10.5 Å². The van der Waals surface area contributed by atoms with Crippen molar-refractivity contribution in [2.45, 2.75) is 20.3 Å². The van der Waals surface area contributed by atoms with Gasteiger partial charge in [0.05, 0.1) is 30.1 Å². The first-order chi connectivity index (χ1) is 17.9. The first kappa shape index (κ1) is 24.6. The van der Waals surface area contributed by atoms with Crippen LogP contribution in [-0.2, 0) is 16.0 Å². The second-order valence-electron chi connectivity index (χ2n) is 8.39. The number of nitrogens with zero attached hydrogens (tertiary/aromatic N) is 2. The summed E-state index contributed by atoms with van der Waals surface area (Å²) >= 11 is 2.49. The molecule has 9 heteroatoms. The summed E-state index contributed by atoms with van der Waals surface area (Å²) in [5, 5.41) is 5.68. The number of carbonyl (C=O) groups is 2. The number of ether oxygens (including phenoxy) is 1. The van der Waals surface area contributed by atoms with E-state index in [1.807, 2.05) is 43.3 Å². The van der Waals surface area contributed by atoms with Crippen molar-refractivity contribution in [3.63, 3.8) is 0 Å². The Morgan fingerprint density at radius 1 is 1.03 bits per heavy atom. The molecule has 0 unspecified atom stereocenters. The molecule has 0 atom stereocenters. The number of hydrogen-bond donors (Lipinski definition) is 2. The number of rotatable bonds is 7. The number of nitrogen functional groups attached to an aromatic ring is 1. The number of anilines is 2. The lowest BCUT2D eigenvalue weighted by Gasteiger charge is -2.09. The molecule has 1 amide bonds. The van der Waals surface area contributed by atoms with Gasteiger partial charge in [-0.3, -0.25) is 14.9 Å². The Morgan fingerprint density at radius 3 is 2.51 bits per heavy atom. The van der Waals surface area contributed by atoms with Crippen molar-refractivity contribution in [1.29, 1.82) is 0 Å². The van der Waals surface area contributed by atoms with Crippen molar-refractivity contribution in [3.05, 3.63) is 82.2 Å². The van der Waals surface area contributed by atoms with E-state index >= 15 is 0 Å². The van der Waals surface area contributed by atoms with Crippen LogP contribution >= 0.6 is 22.7 Å². The van der Waals surface area contributed by atoms with Gasteiger partial charge in [0.2, 0.25) is 0 Å². The van der Waals surface area contributed by atoms with Crippen molar-refractivity contribution in [2.24, 2.45) is 0 Å². The standard InChI is InChI=1S/C28H24N4O3S2/c1-3-35-22(33)13-19-15-36-28(30-19)32-26(34)25-24(29)23-20(17-11-9-16(2)10-12-17)14-21(31-27(23)37-25)18-7-5-4-6-8-18/h4-12,14-15H,3,13,29H2,1-2H3,(H,30,32,34). The zero-order chi connectivity index (χ0) is 25.9. The molecule has 5 rings (SSSR count). The molecular formula is C28H24N4O3S2. The molecule has 3 N–H and O–H groups in total. The van der Waals surface area contributed by atoms with E-state index in [1.54, 1.807) is 12.3 Å². The van der Waals surface area contributed by atoms with Gasteiger partial charge in [-0.05, 0) is 31.0 Å². The Morgan fingerprint density at radius 2 is 1.78 bits per heavy atom. The van der Waals surface area contributed by atoms with E-state index in [1.165, 1.54) is 22.7 Å². The van der Waals surface area contributed by atoms with Gasteiger partial charge in [-0.15, -0.1) is 22.7 Å². The summed E-state index contributed by atoms with van der Waals surface area (Å²) in [6, 6.07) is 20.2. The molecule has 3 aromatic heterocycles. The maximum atomic E-state index is 13.3. The number of carbonyl (C=O) groups excluding carboxylic acids is 2. The van der Waals surface area contributed by atoms with Crippen LogP contribution < -0.4 is 11.1 Å². The predicted molar refractivity (Wildman–Crippen MR) is 150 cm³/mol. The van der Waals surface area contributed by atoms with Gasteiger partial charge >= 0.3 is 5.97 Å². The molecule has 3 heterocycles. The molecule has 0 spiro atoms. The lowest BCUT2D eigenvalue weighted by molar-refractivity contribution is -0.142. The van der Waals surface area contributed by atoms with Gasteiger partial charge in [0.15, 0.2) is 5.13 Å². The number of pyridine rings is 1. The van der Waals surface area contributed by atoms with Crippen LogP contribution in [-0.4, -0.2) is 28.5 Å². The van der Waals surface area contributed by atoms with Crippen molar-refractivity contribution in [2.75, 3.05) is 17.7 Å². The molecule has 7 nitrogen and oxygen atoms in total. The highest BCUT2D eigenvalue weighted by atomic mass is 32.1. The molecular weight excluding hydrogens is 504 g/mol. The molecule has 0 saturated heterocycles. The van der Waals surface area contributed by atoms with Crippen LogP contribution in [0.4, 0.5) is 10.8 Å². The molecule has 0 bridgehead atoms. The van der Waals surface area contributed by atoms with Gasteiger partial charge in [0.1, 0.15) is 9.71 Å². The van der Waals surface area contributed by atoms with Gasteiger partial charge in [-0.1, -0.05) is 60.2 Å². The Bertz CT molecular complexity index is 1590. The topological polar surface area (TPSA) is 107 Å². The number of amides is 1. The third-order valence-electron chi connectivity index (χ3n) is 5.74. The van der Waals surface area contributed by atoms with E-state index in [0.29, 0.717) is 32.8 Å². The van der Waals surface area contributed by atoms with E-state index in [4.69, 9.17) is 15.5 Å². The minimum absolute atomic E-state index is 0.0529. The van der Waals surface area contributed by atoms with Crippen LogP contribution in [0.2, 0.25) is 0 Å². The average Bonchev–Trinajstić information content (AvgIpc) is 3.48.